The van der Waals surface area contributed by atoms with Gasteiger partial charge < -0.3 is 14.2 Å². The molecule has 1 amide bonds. The third-order valence-corrected chi connectivity index (χ3v) is 6.08. The molecule has 5 nitrogen and oxygen atoms in total. The molecule has 1 aliphatic rings. The molecule has 1 unspecified atom stereocenters. The standard InChI is InChI=1S/C18H31N3O2S/c1-6-7-8-21-15(5)14(4)19-18(21)24-16(13(2)3)17(22)20-9-11-23-12-10-20/h13,16H,6-12H2,1-5H3. The monoisotopic (exact) mass is 353 g/mol. The second kappa shape index (κ2) is 8.90. The molecule has 0 saturated carbocycles. The van der Waals surface area contributed by atoms with Gasteiger partial charge in [-0.15, -0.1) is 0 Å². The zero-order chi connectivity index (χ0) is 17.7. The highest BCUT2D eigenvalue weighted by Gasteiger charge is 2.31. The third-order valence-electron chi connectivity index (χ3n) is 4.56. The minimum Gasteiger partial charge on any atom is -0.378 e. The van der Waals surface area contributed by atoms with Crippen molar-refractivity contribution in [1.82, 2.24) is 14.5 Å². The molecular formula is C18H31N3O2S. The molecule has 6 heteroatoms. The fourth-order valence-corrected chi connectivity index (χ4v) is 4.14. The minimum atomic E-state index is -0.0929. The molecule has 1 aromatic rings. The van der Waals surface area contributed by atoms with Crippen LogP contribution in [0, 0.1) is 19.8 Å². The summed E-state index contributed by atoms with van der Waals surface area (Å²) < 4.78 is 7.66. The van der Waals surface area contributed by atoms with Crippen LogP contribution in [-0.4, -0.2) is 51.9 Å². The number of hydrogen-bond acceptors (Lipinski definition) is 4. The lowest BCUT2D eigenvalue weighted by Crippen LogP contribution is -2.46. The summed E-state index contributed by atoms with van der Waals surface area (Å²) in [6.45, 7) is 14.3. The third kappa shape index (κ3) is 4.54. The fraction of sp³-hybridized carbons (Fsp3) is 0.778. The Labute approximate surface area is 150 Å². The van der Waals surface area contributed by atoms with E-state index in [1.54, 1.807) is 11.8 Å². The average Bonchev–Trinajstić information content (AvgIpc) is 2.84. The van der Waals surface area contributed by atoms with Gasteiger partial charge in [-0.1, -0.05) is 39.0 Å². The van der Waals surface area contributed by atoms with E-state index < -0.39 is 0 Å². The summed E-state index contributed by atoms with van der Waals surface area (Å²) in [4.78, 5) is 19.7. The largest absolute Gasteiger partial charge is 0.378 e. The van der Waals surface area contributed by atoms with Gasteiger partial charge in [-0.2, -0.15) is 0 Å². The number of imidazole rings is 1. The molecule has 24 heavy (non-hydrogen) atoms. The Morgan fingerprint density at radius 2 is 1.96 bits per heavy atom. The van der Waals surface area contributed by atoms with E-state index in [-0.39, 0.29) is 17.1 Å². The maximum absolute atomic E-state index is 13.0. The average molecular weight is 354 g/mol. The number of thioether (sulfide) groups is 1. The molecule has 2 heterocycles. The van der Waals surface area contributed by atoms with E-state index in [0.717, 1.165) is 30.2 Å². The molecule has 1 saturated heterocycles. The summed E-state index contributed by atoms with van der Waals surface area (Å²) in [5.41, 5.74) is 2.28. The van der Waals surface area contributed by atoms with Crippen molar-refractivity contribution in [3.63, 3.8) is 0 Å². The Bertz CT molecular complexity index is 551. The Kier molecular flexibility index (Phi) is 7.16. The zero-order valence-corrected chi connectivity index (χ0v) is 16.5. The first kappa shape index (κ1) is 19.3. The minimum absolute atomic E-state index is 0.0929. The van der Waals surface area contributed by atoms with Crippen LogP contribution < -0.4 is 0 Å². The first-order valence-corrected chi connectivity index (χ1v) is 9.90. The number of nitrogens with zero attached hydrogens (tertiary/aromatic N) is 3. The van der Waals surface area contributed by atoms with Gasteiger partial charge in [0.15, 0.2) is 5.16 Å². The number of ether oxygens (including phenoxy) is 1. The SMILES string of the molecule is CCCCn1c(SC(C(=O)N2CCOCC2)C(C)C)nc(C)c1C. The summed E-state index contributed by atoms with van der Waals surface area (Å²) in [5, 5.41) is 0.892. The lowest BCUT2D eigenvalue weighted by molar-refractivity contribution is -0.135. The van der Waals surface area contributed by atoms with Crippen molar-refractivity contribution in [2.45, 2.75) is 64.4 Å². The number of hydrogen-bond donors (Lipinski definition) is 0. The van der Waals surface area contributed by atoms with Crippen LogP contribution in [0.3, 0.4) is 0 Å². The van der Waals surface area contributed by atoms with Crippen LogP contribution >= 0.6 is 11.8 Å². The molecule has 0 aliphatic carbocycles. The van der Waals surface area contributed by atoms with Gasteiger partial charge in [-0.05, 0) is 26.2 Å². The van der Waals surface area contributed by atoms with E-state index in [2.05, 4.69) is 39.2 Å². The van der Waals surface area contributed by atoms with Crippen LogP contribution in [0.1, 0.15) is 45.0 Å². The van der Waals surface area contributed by atoms with Crippen LogP contribution in [0.25, 0.3) is 0 Å². The van der Waals surface area contributed by atoms with Gasteiger partial charge in [-0.3, -0.25) is 4.79 Å². The van der Waals surface area contributed by atoms with E-state index in [9.17, 15) is 4.79 Å². The van der Waals surface area contributed by atoms with Gasteiger partial charge in [0, 0.05) is 25.3 Å². The van der Waals surface area contributed by atoms with E-state index >= 15 is 0 Å². The number of aromatic nitrogens is 2. The van der Waals surface area contributed by atoms with Gasteiger partial charge in [0.05, 0.1) is 24.2 Å². The predicted octanol–water partition coefficient (Wildman–Crippen LogP) is 3.28. The lowest BCUT2D eigenvalue weighted by atomic mass is 10.1. The molecule has 136 valence electrons. The van der Waals surface area contributed by atoms with Crippen LogP contribution in [0.2, 0.25) is 0 Å². The first-order chi connectivity index (χ1) is 11.5. The molecule has 0 spiro atoms. The summed E-state index contributed by atoms with van der Waals surface area (Å²) in [5.74, 6) is 0.487. The number of carbonyl (C=O) groups is 1. The van der Waals surface area contributed by atoms with Crippen LogP contribution in [-0.2, 0) is 16.1 Å². The Morgan fingerprint density at radius 1 is 1.29 bits per heavy atom. The maximum Gasteiger partial charge on any atom is 0.236 e. The predicted molar refractivity (Wildman–Crippen MR) is 98.5 cm³/mol. The number of unbranched alkanes of at least 4 members (excludes halogenated alkanes) is 1. The lowest BCUT2D eigenvalue weighted by Gasteiger charge is -2.31. The van der Waals surface area contributed by atoms with Crippen molar-refractivity contribution in [3.8, 4) is 0 Å². The second-order valence-corrected chi connectivity index (χ2v) is 7.90. The molecule has 1 fully saturated rings. The number of aryl methyl sites for hydroxylation is 1. The Morgan fingerprint density at radius 3 is 2.54 bits per heavy atom. The summed E-state index contributed by atoms with van der Waals surface area (Å²) >= 11 is 1.63. The maximum atomic E-state index is 13.0. The number of carbonyl (C=O) groups excluding carboxylic acids is 1. The van der Waals surface area contributed by atoms with Crippen molar-refractivity contribution in [1.29, 1.82) is 0 Å². The summed E-state index contributed by atoms with van der Waals surface area (Å²) in [6, 6.07) is 0. The highest BCUT2D eigenvalue weighted by Crippen LogP contribution is 2.31. The number of morpholine rings is 1. The van der Waals surface area contributed by atoms with Crippen molar-refractivity contribution in [3.05, 3.63) is 11.4 Å². The Balaban J connectivity index is 2.18. The topological polar surface area (TPSA) is 47.4 Å². The van der Waals surface area contributed by atoms with E-state index in [4.69, 9.17) is 9.72 Å². The molecule has 0 radical (unpaired) electrons. The van der Waals surface area contributed by atoms with Crippen molar-refractivity contribution < 1.29 is 9.53 Å². The molecule has 0 N–H and O–H groups in total. The van der Waals surface area contributed by atoms with Crippen molar-refractivity contribution in [2.24, 2.45) is 5.92 Å². The van der Waals surface area contributed by atoms with E-state index in [1.165, 1.54) is 5.69 Å². The zero-order valence-electron chi connectivity index (χ0n) is 15.7. The quantitative estimate of drug-likeness (QED) is 0.706. The molecular weight excluding hydrogens is 322 g/mol. The van der Waals surface area contributed by atoms with Gasteiger partial charge >= 0.3 is 0 Å². The van der Waals surface area contributed by atoms with Crippen molar-refractivity contribution in [2.75, 3.05) is 26.3 Å². The van der Waals surface area contributed by atoms with Crippen molar-refractivity contribution >= 4 is 17.7 Å². The highest BCUT2D eigenvalue weighted by molar-refractivity contribution is 8.00. The summed E-state index contributed by atoms with van der Waals surface area (Å²) in [7, 11) is 0. The van der Waals surface area contributed by atoms with Gasteiger partial charge in [0.1, 0.15) is 0 Å². The summed E-state index contributed by atoms with van der Waals surface area (Å²) in [6.07, 6.45) is 2.29. The van der Waals surface area contributed by atoms with E-state index in [1.807, 2.05) is 4.90 Å². The molecule has 0 aromatic carbocycles. The van der Waals surface area contributed by atoms with Gasteiger partial charge in [-0.25, -0.2) is 4.98 Å². The van der Waals surface area contributed by atoms with Gasteiger partial charge in [0.2, 0.25) is 5.91 Å². The highest BCUT2D eigenvalue weighted by atomic mass is 32.2. The normalized spacial score (nSPS) is 16.7. The van der Waals surface area contributed by atoms with E-state index in [0.29, 0.717) is 26.3 Å². The van der Waals surface area contributed by atoms with Gasteiger partial charge in [0.25, 0.3) is 0 Å². The Hall–Kier alpha value is -1.01. The van der Waals surface area contributed by atoms with Crippen LogP contribution in [0.5, 0.6) is 0 Å². The molecule has 0 bridgehead atoms. The van der Waals surface area contributed by atoms with Crippen LogP contribution in [0.15, 0.2) is 5.16 Å². The van der Waals surface area contributed by atoms with Crippen LogP contribution in [0.4, 0.5) is 0 Å². The molecule has 2 rings (SSSR count). The fourth-order valence-electron chi connectivity index (χ4n) is 2.84. The first-order valence-electron chi connectivity index (χ1n) is 9.02. The number of rotatable bonds is 7. The number of amides is 1. The molecule has 1 aromatic heterocycles. The molecule has 1 atom stereocenters. The molecule has 1 aliphatic heterocycles. The second-order valence-electron chi connectivity index (χ2n) is 6.79. The smallest absolute Gasteiger partial charge is 0.236 e.